The van der Waals surface area contributed by atoms with Crippen LogP contribution in [0.2, 0.25) is 0 Å². The first kappa shape index (κ1) is 18.6. The number of rotatable bonds is 5. The Morgan fingerprint density at radius 1 is 1.33 bits per heavy atom. The molecule has 1 aromatic carbocycles. The van der Waals surface area contributed by atoms with Crippen LogP contribution in [-0.2, 0) is 24.1 Å². The first-order chi connectivity index (χ1) is 11.2. The van der Waals surface area contributed by atoms with Gasteiger partial charge in [-0.15, -0.1) is 0 Å². The Kier molecular flexibility index (Phi) is 5.75. The van der Waals surface area contributed by atoms with Crippen molar-refractivity contribution >= 4 is 6.09 Å². The minimum atomic E-state index is -0.617. The molecule has 0 unspecified atom stereocenters. The normalized spacial score (nSPS) is 15.0. The Hall–Kier alpha value is -1.75. The number of fused-ring (bicyclic) bond motifs is 1. The summed E-state index contributed by atoms with van der Waals surface area (Å²) in [5.74, 6) is 0.282. The van der Waals surface area contributed by atoms with E-state index in [1.54, 1.807) is 0 Å². The van der Waals surface area contributed by atoms with Crippen LogP contribution in [0.5, 0.6) is 5.75 Å². The second-order valence-corrected chi connectivity index (χ2v) is 7.49. The van der Waals surface area contributed by atoms with Crippen LogP contribution in [0.25, 0.3) is 0 Å². The fourth-order valence-electron chi connectivity index (χ4n) is 2.94. The number of amides is 1. The van der Waals surface area contributed by atoms with Gasteiger partial charge in [0.2, 0.25) is 0 Å². The second kappa shape index (κ2) is 7.43. The standard InChI is InChI=1S/C19H29NO4/c1-5-15(21)12-20(18(23)24-19(2,3)4)11-14-10-9-13-7-6-8-16(13)17(14)22/h9-10,15,21-22H,5-8,11-12H2,1-4H3/t15-/m0/s1. The summed E-state index contributed by atoms with van der Waals surface area (Å²) in [6, 6.07) is 3.90. The van der Waals surface area contributed by atoms with E-state index in [9.17, 15) is 15.0 Å². The molecule has 5 nitrogen and oxygen atoms in total. The van der Waals surface area contributed by atoms with Crippen LogP contribution in [0.3, 0.4) is 0 Å². The fourth-order valence-corrected chi connectivity index (χ4v) is 2.94. The zero-order valence-electron chi connectivity index (χ0n) is 15.1. The molecule has 0 aliphatic heterocycles. The Morgan fingerprint density at radius 2 is 2.04 bits per heavy atom. The maximum absolute atomic E-state index is 12.5. The third-order valence-electron chi connectivity index (χ3n) is 4.25. The molecule has 0 fully saturated rings. The highest BCUT2D eigenvalue weighted by molar-refractivity contribution is 5.68. The van der Waals surface area contributed by atoms with Gasteiger partial charge in [0, 0.05) is 5.56 Å². The second-order valence-electron chi connectivity index (χ2n) is 7.49. The lowest BCUT2D eigenvalue weighted by molar-refractivity contribution is 0.0122. The monoisotopic (exact) mass is 335 g/mol. The van der Waals surface area contributed by atoms with E-state index in [0.29, 0.717) is 12.0 Å². The number of aliphatic hydroxyl groups is 1. The molecule has 0 spiro atoms. The molecule has 0 aromatic heterocycles. The molecule has 1 atom stereocenters. The zero-order valence-corrected chi connectivity index (χ0v) is 15.1. The van der Waals surface area contributed by atoms with Gasteiger partial charge in [0.25, 0.3) is 0 Å². The number of ether oxygens (including phenoxy) is 1. The van der Waals surface area contributed by atoms with Crippen LogP contribution in [0.15, 0.2) is 12.1 Å². The lowest BCUT2D eigenvalue weighted by Gasteiger charge is -2.29. The summed E-state index contributed by atoms with van der Waals surface area (Å²) < 4.78 is 5.44. The lowest BCUT2D eigenvalue weighted by Crippen LogP contribution is -2.40. The molecule has 1 aliphatic carbocycles. The number of carbonyl (C=O) groups is 1. The lowest BCUT2D eigenvalue weighted by atomic mass is 10.0. The highest BCUT2D eigenvalue weighted by atomic mass is 16.6. The van der Waals surface area contributed by atoms with Crippen LogP contribution >= 0.6 is 0 Å². The van der Waals surface area contributed by atoms with Crippen LogP contribution in [0, 0.1) is 0 Å². The molecule has 5 heteroatoms. The van der Waals surface area contributed by atoms with Gasteiger partial charge in [-0.3, -0.25) is 0 Å². The van der Waals surface area contributed by atoms with Crippen molar-refractivity contribution in [2.24, 2.45) is 0 Å². The Labute approximate surface area is 144 Å². The molecule has 1 aromatic rings. The van der Waals surface area contributed by atoms with Crippen molar-refractivity contribution in [2.45, 2.75) is 71.6 Å². The van der Waals surface area contributed by atoms with Crippen molar-refractivity contribution in [3.63, 3.8) is 0 Å². The van der Waals surface area contributed by atoms with Crippen LogP contribution in [0.4, 0.5) is 4.79 Å². The minimum absolute atomic E-state index is 0.182. The molecule has 0 heterocycles. The fraction of sp³-hybridized carbons (Fsp3) is 0.632. The number of hydrogen-bond donors (Lipinski definition) is 2. The predicted molar refractivity (Wildman–Crippen MR) is 93.1 cm³/mol. The number of benzene rings is 1. The van der Waals surface area contributed by atoms with Crippen molar-refractivity contribution in [2.75, 3.05) is 6.54 Å². The zero-order chi connectivity index (χ0) is 17.9. The Morgan fingerprint density at radius 3 is 2.67 bits per heavy atom. The quantitative estimate of drug-likeness (QED) is 0.865. The molecule has 24 heavy (non-hydrogen) atoms. The van der Waals surface area contributed by atoms with Gasteiger partial charge in [-0.1, -0.05) is 19.1 Å². The molecular formula is C19H29NO4. The SMILES string of the molecule is CC[C@H](O)CN(Cc1ccc2c(c1O)CCC2)C(=O)OC(C)(C)C. The van der Waals surface area contributed by atoms with E-state index in [0.717, 1.165) is 24.8 Å². The first-order valence-corrected chi connectivity index (χ1v) is 8.70. The molecule has 0 bridgehead atoms. The van der Waals surface area contributed by atoms with Crippen molar-refractivity contribution < 1.29 is 19.7 Å². The summed E-state index contributed by atoms with van der Waals surface area (Å²) >= 11 is 0. The molecule has 1 amide bonds. The van der Waals surface area contributed by atoms with E-state index in [1.807, 2.05) is 39.8 Å². The average molecular weight is 335 g/mol. The average Bonchev–Trinajstić information content (AvgIpc) is 2.96. The maximum Gasteiger partial charge on any atom is 0.410 e. The van der Waals surface area contributed by atoms with E-state index >= 15 is 0 Å². The highest BCUT2D eigenvalue weighted by Gasteiger charge is 2.26. The highest BCUT2D eigenvalue weighted by Crippen LogP contribution is 2.33. The number of phenols is 1. The van der Waals surface area contributed by atoms with Gasteiger partial charge in [0.15, 0.2) is 0 Å². The number of aryl methyl sites for hydroxylation is 1. The van der Waals surface area contributed by atoms with Gasteiger partial charge in [0.05, 0.1) is 19.2 Å². The number of aromatic hydroxyl groups is 1. The number of hydrogen-bond acceptors (Lipinski definition) is 4. The van der Waals surface area contributed by atoms with Crippen LogP contribution < -0.4 is 0 Å². The predicted octanol–water partition coefficient (Wildman–Crippen LogP) is 3.39. The molecule has 0 saturated heterocycles. The number of nitrogens with zero attached hydrogens (tertiary/aromatic N) is 1. The molecular weight excluding hydrogens is 306 g/mol. The number of phenolic OH excluding ortho intramolecular Hbond substituents is 1. The summed E-state index contributed by atoms with van der Waals surface area (Å²) in [6.07, 6.45) is 2.38. The van der Waals surface area contributed by atoms with E-state index in [1.165, 1.54) is 10.5 Å². The molecule has 2 N–H and O–H groups in total. The number of carbonyl (C=O) groups excluding carboxylic acids is 1. The van der Waals surface area contributed by atoms with Crippen molar-refractivity contribution in [3.8, 4) is 5.75 Å². The molecule has 2 rings (SSSR count). The largest absolute Gasteiger partial charge is 0.507 e. The van der Waals surface area contributed by atoms with Gasteiger partial charge in [-0.2, -0.15) is 0 Å². The smallest absolute Gasteiger partial charge is 0.410 e. The van der Waals surface area contributed by atoms with Crippen molar-refractivity contribution in [1.82, 2.24) is 4.90 Å². The Balaban J connectivity index is 2.20. The van der Waals surface area contributed by atoms with Crippen molar-refractivity contribution in [1.29, 1.82) is 0 Å². The molecule has 0 saturated carbocycles. The van der Waals surface area contributed by atoms with Gasteiger partial charge < -0.3 is 19.8 Å². The number of aliphatic hydroxyl groups excluding tert-OH is 1. The van der Waals surface area contributed by atoms with Gasteiger partial charge in [-0.25, -0.2) is 4.79 Å². The first-order valence-electron chi connectivity index (χ1n) is 8.70. The van der Waals surface area contributed by atoms with Crippen LogP contribution in [-0.4, -0.2) is 39.5 Å². The summed E-state index contributed by atoms with van der Waals surface area (Å²) in [4.78, 5) is 13.9. The van der Waals surface area contributed by atoms with E-state index in [4.69, 9.17) is 4.74 Å². The summed E-state index contributed by atoms with van der Waals surface area (Å²) in [5, 5.41) is 20.5. The Bertz CT molecular complexity index is 592. The molecule has 1 aliphatic rings. The summed E-state index contributed by atoms with van der Waals surface area (Å²) in [7, 11) is 0. The molecule has 0 radical (unpaired) electrons. The van der Waals surface area contributed by atoms with Gasteiger partial charge >= 0.3 is 6.09 Å². The summed E-state index contributed by atoms with van der Waals surface area (Å²) in [6.45, 7) is 7.71. The third-order valence-corrected chi connectivity index (χ3v) is 4.25. The van der Waals surface area contributed by atoms with Gasteiger partial charge in [-0.05, 0) is 57.6 Å². The summed E-state index contributed by atoms with van der Waals surface area (Å²) in [5.41, 5.74) is 2.28. The van der Waals surface area contributed by atoms with E-state index < -0.39 is 17.8 Å². The maximum atomic E-state index is 12.5. The third kappa shape index (κ3) is 4.63. The molecule has 134 valence electrons. The van der Waals surface area contributed by atoms with E-state index in [-0.39, 0.29) is 18.8 Å². The van der Waals surface area contributed by atoms with E-state index in [2.05, 4.69) is 0 Å². The van der Waals surface area contributed by atoms with Gasteiger partial charge in [0.1, 0.15) is 11.4 Å². The van der Waals surface area contributed by atoms with Crippen LogP contribution in [0.1, 0.15) is 57.2 Å². The topological polar surface area (TPSA) is 70.0 Å². The minimum Gasteiger partial charge on any atom is -0.507 e. The van der Waals surface area contributed by atoms with Crippen molar-refractivity contribution in [3.05, 3.63) is 28.8 Å².